The van der Waals surface area contributed by atoms with Gasteiger partial charge in [-0.15, -0.1) is 11.3 Å². The number of rotatable bonds is 6. The Labute approximate surface area is 197 Å². The molecule has 0 amide bonds. The number of thiazole rings is 1. The summed E-state index contributed by atoms with van der Waals surface area (Å²) in [5, 5.41) is 14.9. The van der Waals surface area contributed by atoms with Crippen LogP contribution in [0.4, 0.5) is 4.39 Å². The number of aliphatic imine (C=N–C) groups is 1. The maximum absolute atomic E-state index is 14.3. The number of nitrogens with one attached hydrogen (secondary N) is 1. The van der Waals surface area contributed by atoms with E-state index >= 15 is 0 Å². The Bertz CT molecular complexity index is 1120. The normalized spacial score (nSPS) is 21.4. The number of carboxylic acid groups (broad SMARTS) is 1. The minimum Gasteiger partial charge on any atom is -0.480 e. The summed E-state index contributed by atoms with van der Waals surface area (Å²) in [5.41, 5.74) is 0.767. The average molecular weight is 495 g/mol. The van der Waals surface area contributed by atoms with Crippen LogP contribution < -0.4 is 5.32 Å². The Morgan fingerprint density at radius 2 is 2.27 bits per heavy atom. The fourth-order valence-electron chi connectivity index (χ4n) is 3.73. The maximum atomic E-state index is 14.3. The highest BCUT2D eigenvalue weighted by molar-refractivity contribution is 7.11. The smallest absolute Gasteiger partial charge is 0.338 e. The van der Waals surface area contributed by atoms with E-state index in [1.54, 1.807) is 22.5 Å². The van der Waals surface area contributed by atoms with Gasteiger partial charge in [0, 0.05) is 35.9 Å². The van der Waals surface area contributed by atoms with E-state index in [0.29, 0.717) is 29.7 Å². The summed E-state index contributed by atoms with van der Waals surface area (Å²) >= 11 is 7.58. The molecule has 0 bridgehead atoms. The lowest BCUT2D eigenvalue weighted by Gasteiger charge is -2.35. The zero-order valence-corrected chi connectivity index (χ0v) is 19.0. The van der Waals surface area contributed by atoms with E-state index < -0.39 is 29.8 Å². The third kappa shape index (κ3) is 4.76. The first-order valence-corrected chi connectivity index (χ1v) is 11.2. The number of halogens is 2. The maximum Gasteiger partial charge on any atom is 0.338 e. The molecular weight excluding hydrogens is 475 g/mol. The van der Waals surface area contributed by atoms with Crippen molar-refractivity contribution in [2.45, 2.75) is 12.1 Å². The summed E-state index contributed by atoms with van der Waals surface area (Å²) in [5.74, 6) is -2.02. The molecule has 1 fully saturated rings. The lowest BCUT2D eigenvalue weighted by molar-refractivity contribution is -0.149. The molecule has 2 atom stereocenters. The fraction of sp³-hybridized carbons (Fsp3) is 0.333. The van der Waals surface area contributed by atoms with Crippen LogP contribution in [0.2, 0.25) is 5.02 Å². The Hall–Kier alpha value is -2.86. The van der Waals surface area contributed by atoms with Gasteiger partial charge in [0.1, 0.15) is 17.9 Å². The van der Waals surface area contributed by atoms with Crippen molar-refractivity contribution < 1.29 is 28.6 Å². The van der Waals surface area contributed by atoms with Gasteiger partial charge in [-0.3, -0.25) is 14.7 Å². The van der Waals surface area contributed by atoms with Crippen LogP contribution in [0.15, 0.2) is 46.0 Å². The molecule has 2 aromatic rings. The first kappa shape index (κ1) is 23.3. The first-order chi connectivity index (χ1) is 15.9. The van der Waals surface area contributed by atoms with Crippen molar-refractivity contribution in [1.82, 2.24) is 15.2 Å². The predicted molar refractivity (Wildman–Crippen MR) is 119 cm³/mol. The van der Waals surface area contributed by atoms with Crippen LogP contribution in [0, 0.1) is 5.82 Å². The number of carbonyl (C=O) groups is 2. The second-order valence-corrected chi connectivity index (χ2v) is 8.54. The molecule has 9 nitrogen and oxygen atoms in total. The van der Waals surface area contributed by atoms with Crippen LogP contribution in [0.5, 0.6) is 0 Å². The van der Waals surface area contributed by atoms with E-state index in [1.807, 2.05) is 0 Å². The highest BCUT2D eigenvalue weighted by Crippen LogP contribution is 2.37. The van der Waals surface area contributed by atoms with Crippen LogP contribution in [0.1, 0.15) is 16.6 Å². The lowest BCUT2D eigenvalue weighted by atomic mass is 9.95. The summed E-state index contributed by atoms with van der Waals surface area (Å²) < 4.78 is 24.6. The molecule has 12 heteroatoms. The molecule has 2 N–H and O–H groups in total. The standard InChI is InChI=1S/C21H20ClFN4O5S/c1-31-21(30)15-13(9-27-6-7-32-10-14(27)20(28)29)25-18(19-24-5-8-33-19)26-17(15)11-3-2-4-12(23)16(11)22/h2-5,8,14,17H,6-7,9-10H2,1H3,(H,25,26)(H,28,29). The van der Waals surface area contributed by atoms with Crippen LogP contribution in [-0.2, 0) is 19.1 Å². The minimum absolute atomic E-state index is 0.0166. The second kappa shape index (κ2) is 9.96. The quantitative estimate of drug-likeness (QED) is 0.588. The zero-order valence-electron chi connectivity index (χ0n) is 17.5. The number of carboxylic acids is 1. The van der Waals surface area contributed by atoms with Gasteiger partial charge >= 0.3 is 11.9 Å². The highest BCUT2D eigenvalue weighted by Gasteiger charge is 2.37. The summed E-state index contributed by atoms with van der Waals surface area (Å²) in [6, 6.07) is 2.39. The third-order valence-corrected chi connectivity index (χ3v) is 6.51. The summed E-state index contributed by atoms with van der Waals surface area (Å²) in [6.45, 7) is 0.768. The van der Waals surface area contributed by atoms with E-state index in [-0.39, 0.29) is 29.3 Å². The molecule has 1 saturated heterocycles. The number of hydrogen-bond acceptors (Lipinski definition) is 9. The molecule has 174 valence electrons. The third-order valence-electron chi connectivity index (χ3n) is 5.33. The van der Waals surface area contributed by atoms with Crippen LogP contribution in [0.3, 0.4) is 0 Å². The van der Waals surface area contributed by atoms with Crippen molar-refractivity contribution in [3.05, 3.63) is 62.5 Å². The predicted octanol–water partition coefficient (Wildman–Crippen LogP) is 2.24. The Kier molecular flexibility index (Phi) is 7.03. The number of carbonyl (C=O) groups excluding carboxylic acids is 1. The molecule has 2 aliphatic heterocycles. The molecule has 1 aromatic heterocycles. The first-order valence-electron chi connectivity index (χ1n) is 9.95. The van der Waals surface area contributed by atoms with E-state index in [2.05, 4.69) is 15.3 Å². The largest absolute Gasteiger partial charge is 0.480 e. The number of methoxy groups -OCH3 is 1. The number of morpholine rings is 1. The molecule has 0 saturated carbocycles. The molecule has 4 rings (SSSR count). The molecule has 2 aliphatic rings. The Morgan fingerprint density at radius 3 is 2.97 bits per heavy atom. The number of aliphatic carboxylic acids is 1. The number of ether oxygens (including phenoxy) is 2. The van der Waals surface area contributed by atoms with Gasteiger partial charge < -0.3 is 19.9 Å². The Balaban J connectivity index is 1.84. The highest BCUT2D eigenvalue weighted by atomic mass is 35.5. The van der Waals surface area contributed by atoms with Gasteiger partial charge in [-0.1, -0.05) is 23.7 Å². The van der Waals surface area contributed by atoms with Gasteiger partial charge in [0.15, 0.2) is 10.8 Å². The van der Waals surface area contributed by atoms with Crippen molar-refractivity contribution in [2.24, 2.45) is 4.99 Å². The average Bonchev–Trinajstić information content (AvgIpc) is 3.35. The van der Waals surface area contributed by atoms with Gasteiger partial charge in [0.05, 0.1) is 30.9 Å². The van der Waals surface area contributed by atoms with E-state index in [1.165, 1.54) is 30.6 Å². The number of benzene rings is 1. The molecule has 0 spiro atoms. The molecule has 1 aromatic carbocycles. The van der Waals surface area contributed by atoms with E-state index in [9.17, 15) is 19.1 Å². The van der Waals surface area contributed by atoms with Crippen LogP contribution in [-0.4, -0.2) is 72.2 Å². The lowest BCUT2D eigenvalue weighted by Crippen LogP contribution is -2.52. The van der Waals surface area contributed by atoms with Crippen LogP contribution >= 0.6 is 22.9 Å². The topological polar surface area (TPSA) is 113 Å². The van der Waals surface area contributed by atoms with Crippen molar-refractivity contribution in [2.75, 3.05) is 33.4 Å². The van der Waals surface area contributed by atoms with Gasteiger partial charge in [-0.25, -0.2) is 14.2 Å². The summed E-state index contributed by atoms with van der Waals surface area (Å²) in [4.78, 5) is 35.3. The number of aromatic nitrogens is 1. The molecule has 0 aliphatic carbocycles. The summed E-state index contributed by atoms with van der Waals surface area (Å²) in [6.07, 6.45) is 1.61. The number of hydrogen-bond donors (Lipinski definition) is 2. The van der Waals surface area contributed by atoms with E-state index in [4.69, 9.17) is 21.1 Å². The summed E-state index contributed by atoms with van der Waals surface area (Å²) in [7, 11) is 1.23. The SMILES string of the molecule is COC(=O)C1=C(CN2CCOCC2C(=O)O)NC(c2nccs2)=NC1c1cccc(F)c1Cl. The van der Waals surface area contributed by atoms with Gasteiger partial charge in [-0.05, 0) is 6.07 Å². The number of nitrogens with zero attached hydrogens (tertiary/aromatic N) is 3. The molecular formula is C21H20ClFN4O5S. The molecule has 33 heavy (non-hydrogen) atoms. The van der Waals surface area contributed by atoms with Gasteiger partial charge in [0.25, 0.3) is 0 Å². The van der Waals surface area contributed by atoms with Gasteiger partial charge in [0.2, 0.25) is 0 Å². The fourth-order valence-corrected chi connectivity index (χ4v) is 4.55. The van der Waals surface area contributed by atoms with E-state index in [0.717, 1.165) is 0 Å². The second-order valence-electron chi connectivity index (χ2n) is 7.27. The zero-order chi connectivity index (χ0) is 23.5. The van der Waals surface area contributed by atoms with Crippen LogP contribution in [0.25, 0.3) is 0 Å². The molecule has 2 unspecified atom stereocenters. The molecule has 0 radical (unpaired) electrons. The Morgan fingerprint density at radius 1 is 1.45 bits per heavy atom. The van der Waals surface area contributed by atoms with Crippen molar-refractivity contribution in [3.63, 3.8) is 0 Å². The number of esters is 1. The van der Waals surface area contributed by atoms with Crippen molar-refractivity contribution in [1.29, 1.82) is 0 Å². The molecule has 3 heterocycles. The number of amidine groups is 1. The van der Waals surface area contributed by atoms with Crippen molar-refractivity contribution in [3.8, 4) is 0 Å². The minimum atomic E-state index is -1.04. The van der Waals surface area contributed by atoms with Crippen molar-refractivity contribution >= 4 is 40.7 Å². The monoisotopic (exact) mass is 494 g/mol. The van der Waals surface area contributed by atoms with Gasteiger partial charge in [-0.2, -0.15) is 0 Å².